The molecule has 0 bridgehead atoms. The van der Waals surface area contributed by atoms with Crippen molar-refractivity contribution in [1.82, 2.24) is 5.43 Å². The topological polar surface area (TPSA) is 50.7 Å². The molecule has 0 atom stereocenters. The standard InChI is InChI=1S/C22H14ClF7N2O2/c23-17-8-4-2-6-14(17)12-34-18-10-9-13-5-1-3-7-15(13)16(18)11-31-32-19(33)20(24,25)21(26,27)22(28,29)30/h1-11H,12H2,(H,32,33). The highest BCUT2D eigenvalue weighted by atomic mass is 35.5. The third kappa shape index (κ3) is 4.93. The van der Waals surface area contributed by atoms with E-state index in [1.165, 1.54) is 6.07 Å². The normalized spacial score (nSPS) is 12.8. The second-order valence-electron chi connectivity index (χ2n) is 6.92. The number of ether oxygens (including phenoxy) is 1. The van der Waals surface area contributed by atoms with E-state index in [1.807, 2.05) is 0 Å². The van der Waals surface area contributed by atoms with Gasteiger partial charge < -0.3 is 4.74 Å². The number of fused-ring (bicyclic) bond motifs is 1. The number of rotatable bonds is 7. The maximum Gasteiger partial charge on any atom is 0.460 e. The van der Waals surface area contributed by atoms with Gasteiger partial charge in [-0.25, -0.2) is 5.43 Å². The molecule has 0 heterocycles. The lowest BCUT2D eigenvalue weighted by Crippen LogP contribution is -2.58. The number of hydrazone groups is 1. The Hall–Kier alpha value is -3.34. The zero-order valence-corrected chi connectivity index (χ0v) is 17.6. The number of carbonyl (C=O) groups excluding carboxylic acids is 1. The molecule has 0 spiro atoms. The third-order valence-electron chi connectivity index (χ3n) is 4.67. The third-order valence-corrected chi connectivity index (χ3v) is 5.04. The van der Waals surface area contributed by atoms with Crippen molar-refractivity contribution in [3.63, 3.8) is 0 Å². The molecule has 0 radical (unpaired) electrons. The molecule has 180 valence electrons. The summed E-state index contributed by atoms with van der Waals surface area (Å²) >= 11 is 6.09. The lowest BCUT2D eigenvalue weighted by Gasteiger charge is -2.26. The van der Waals surface area contributed by atoms with Gasteiger partial charge >= 0.3 is 23.9 Å². The molecular formula is C22H14ClF7N2O2. The summed E-state index contributed by atoms with van der Waals surface area (Å²) in [4.78, 5) is 11.4. The predicted octanol–water partition coefficient (Wildman–Crippen LogP) is 6.36. The van der Waals surface area contributed by atoms with Gasteiger partial charge in [-0.05, 0) is 22.9 Å². The van der Waals surface area contributed by atoms with E-state index in [1.54, 1.807) is 54.6 Å². The van der Waals surface area contributed by atoms with Gasteiger partial charge in [0.2, 0.25) is 0 Å². The average Bonchev–Trinajstić information content (AvgIpc) is 2.78. The summed E-state index contributed by atoms with van der Waals surface area (Å²) in [7, 11) is 0. The van der Waals surface area contributed by atoms with Gasteiger partial charge in [0.15, 0.2) is 0 Å². The van der Waals surface area contributed by atoms with Crippen molar-refractivity contribution < 1.29 is 40.3 Å². The first-order chi connectivity index (χ1) is 15.9. The largest absolute Gasteiger partial charge is 0.488 e. The van der Waals surface area contributed by atoms with E-state index < -0.39 is 23.9 Å². The molecule has 3 aromatic carbocycles. The van der Waals surface area contributed by atoms with E-state index >= 15 is 0 Å². The van der Waals surface area contributed by atoms with Gasteiger partial charge in [0.1, 0.15) is 12.4 Å². The Labute approximate surface area is 193 Å². The van der Waals surface area contributed by atoms with Crippen molar-refractivity contribution in [3.8, 4) is 5.75 Å². The van der Waals surface area contributed by atoms with Crippen LogP contribution in [0.3, 0.4) is 0 Å². The van der Waals surface area contributed by atoms with Crippen LogP contribution in [0.1, 0.15) is 11.1 Å². The number of nitrogens with zero attached hydrogens (tertiary/aromatic N) is 1. The number of nitrogens with one attached hydrogen (secondary N) is 1. The van der Waals surface area contributed by atoms with E-state index in [-0.39, 0.29) is 17.9 Å². The van der Waals surface area contributed by atoms with Crippen molar-refractivity contribution in [1.29, 1.82) is 0 Å². The van der Waals surface area contributed by atoms with Crippen LogP contribution in [0.15, 0.2) is 65.8 Å². The number of hydrogen-bond donors (Lipinski definition) is 1. The Morgan fingerprint density at radius 2 is 1.59 bits per heavy atom. The van der Waals surface area contributed by atoms with E-state index in [4.69, 9.17) is 16.3 Å². The highest BCUT2D eigenvalue weighted by Gasteiger charge is 2.76. The Balaban J connectivity index is 1.88. The molecule has 4 nitrogen and oxygen atoms in total. The van der Waals surface area contributed by atoms with E-state index in [0.29, 0.717) is 21.4 Å². The van der Waals surface area contributed by atoms with Gasteiger partial charge in [0.05, 0.1) is 6.21 Å². The van der Waals surface area contributed by atoms with Crippen LogP contribution in [0.4, 0.5) is 30.7 Å². The quantitative estimate of drug-likeness (QED) is 0.230. The van der Waals surface area contributed by atoms with Gasteiger partial charge in [-0.15, -0.1) is 0 Å². The van der Waals surface area contributed by atoms with Crippen LogP contribution in [0, 0.1) is 0 Å². The molecule has 3 aromatic rings. The van der Waals surface area contributed by atoms with Crippen molar-refractivity contribution in [2.24, 2.45) is 5.10 Å². The second-order valence-corrected chi connectivity index (χ2v) is 7.33. The molecule has 0 aromatic heterocycles. The number of halogens is 8. The molecule has 0 aliphatic carbocycles. The van der Waals surface area contributed by atoms with Crippen molar-refractivity contribution in [2.75, 3.05) is 0 Å². The summed E-state index contributed by atoms with van der Waals surface area (Å²) in [5, 5.41) is 4.71. The van der Waals surface area contributed by atoms with Gasteiger partial charge in [0, 0.05) is 16.1 Å². The number of benzene rings is 3. The summed E-state index contributed by atoms with van der Waals surface area (Å²) in [6.07, 6.45) is -5.84. The summed E-state index contributed by atoms with van der Waals surface area (Å²) < 4.78 is 95.7. The first-order valence-electron chi connectivity index (χ1n) is 9.40. The monoisotopic (exact) mass is 506 g/mol. The Kier molecular flexibility index (Phi) is 7.06. The van der Waals surface area contributed by atoms with Crippen LogP contribution in [0.2, 0.25) is 5.02 Å². The van der Waals surface area contributed by atoms with Gasteiger partial charge in [0.25, 0.3) is 0 Å². The highest BCUT2D eigenvalue weighted by Crippen LogP contribution is 2.46. The van der Waals surface area contributed by atoms with E-state index in [2.05, 4.69) is 5.10 Å². The fourth-order valence-corrected chi connectivity index (χ4v) is 3.04. The first kappa shape index (κ1) is 25.3. The molecule has 0 aliphatic heterocycles. The number of alkyl halides is 7. The summed E-state index contributed by atoms with van der Waals surface area (Å²) in [5.41, 5.74) is 1.81. The lowest BCUT2D eigenvalue weighted by atomic mass is 10.0. The Bertz CT molecular complexity index is 1230. The fourth-order valence-electron chi connectivity index (χ4n) is 2.85. The highest BCUT2D eigenvalue weighted by molar-refractivity contribution is 6.31. The Morgan fingerprint density at radius 3 is 2.26 bits per heavy atom. The van der Waals surface area contributed by atoms with Crippen LogP contribution in [-0.2, 0) is 11.4 Å². The van der Waals surface area contributed by atoms with Crippen LogP contribution < -0.4 is 10.2 Å². The molecule has 0 saturated carbocycles. The molecule has 12 heteroatoms. The maximum absolute atomic E-state index is 13.5. The predicted molar refractivity (Wildman–Crippen MR) is 111 cm³/mol. The minimum atomic E-state index is -6.65. The lowest BCUT2D eigenvalue weighted by molar-refractivity contribution is -0.344. The molecular weight excluding hydrogens is 493 g/mol. The first-order valence-corrected chi connectivity index (χ1v) is 9.78. The molecule has 34 heavy (non-hydrogen) atoms. The van der Waals surface area contributed by atoms with Crippen LogP contribution in [-0.4, -0.2) is 30.1 Å². The smallest absolute Gasteiger partial charge is 0.460 e. The number of hydrogen-bond acceptors (Lipinski definition) is 3. The SMILES string of the molecule is O=C(NN=Cc1c(OCc2ccccc2Cl)ccc2ccccc12)C(F)(F)C(F)(F)C(F)(F)F. The fraction of sp³-hybridized carbons (Fsp3) is 0.182. The van der Waals surface area contributed by atoms with Crippen molar-refractivity contribution in [3.05, 3.63) is 76.8 Å². The minimum absolute atomic E-state index is 0.0128. The minimum Gasteiger partial charge on any atom is -0.488 e. The van der Waals surface area contributed by atoms with E-state index in [9.17, 15) is 35.5 Å². The van der Waals surface area contributed by atoms with Crippen LogP contribution in [0.5, 0.6) is 5.75 Å². The molecule has 0 fully saturated rings. The molecule has 3 rings (SSSR count). The number of amides is 1. The van der Waals surface area contributed by atoms with Crippen LogP contribution in [0.25, 0.3) is 10.8 Å². The van der Waals surface area contributed by atoms with Crippen molar-refractivity contribution >= 4 is 34.5 Å². The van der Waals surface area contributed by atoms with Crippen LogP contribution >= 0.6 is 11.6 Å². The molecule has 0 saturated heterocycles. The molecule has 1 N–H and O–H groups in total. The van der Waals surface area contributed by atoms with Gasteiger partial charge in [-0.1, -0.05) is 60.1 Å². The zero-order valence-electron chi connectivity index (χ0n) is 16.8. The molecule has 0 unspecified atom stereocenters. The summed E-state index contributed by atoms with van der Waals surface area (Å²) in [5.74, 6) is -15.5. The van der Waals surface area contributed by atoms with Gasteiger partial charge in [-0.3, -0.25) is 4.79 Å². The average molecular weight is 507 g/mol. The number of carbonyl (C=O) groups is 1. The molecule has 1 amide bonds. The molecule has 0 aliphatic rings. The maximum atomic E-state index is 13.5. The van der Waals surface area contributed by atoms with E-state index in [0.717, 1.165) is 11.6 Å². The summed E-state index contributed by atoms with van der Waals surface area (Å²) in [6, 6.07) is 16.6. The van der Waals surface area contributed by atoms with Crippen molar-refractivity contribution in [2.45, 2.75) is 24.6 Å². The van der Waals surface area contributed by atoms with Gasteiger partial charge in [-0.2, -0.15) is 35.8 Å². The second kappa shape index (κ2) is 9.49. The zero-order chi connectivity index (χ0) is 25.1. The summed E-state index contributed by atoms with van der Waals surface area (Å²) in [6.45, 7) is -0.0128. The Morgan fingerprint density at radius 1 is 0.941 bits per heavy atom.